The van der Waals surface area contributed by atoms with Gasteiger partial charge in [-0.2, -0.15) is 0 Å². The van der Waals surface area contributed by atoms with Crippen molar-refractivity contribution >= 4 is 0 Å². The largest absolute Gasteiger partial charge is 0.103 e. The highest BCUT2D eigenvalue weighted by Crippen LogP contribution is 2.14. The standard InChI is InChI=1S/C16H30/c1-4-6-7-8-9-10-11-12-13-15-16(3)14-5-2/h5H,2-4,6-15H2,1H3. The molecule has 0 saturated carbocycles. The average molecular weight is 222 g/mol. The van der Waals surface area contributed by atoms with Crippen LogP contribution in [0.15, 0.2) is 24.8 Å². The van der Waals surface area contributed by atoms with Crippen LogP contribution in [-0.4, -0.2) is 0 Å². The summed E-state index contributed by atoms with van der Waals surface area (Å²) >= 11 is 0. The zero-order chi connectivity index (χ0) is 12.1. The van der Waals surface area contributed by atoms with E-state index < -0.39 is 0 Å². The Bertz CT molecular complexity index is 167. The van der Waals surface area contributed by atoms with E-state index in [2.05, 4.69) is 20.1 Å². The van der Waals surface area contributed by atoms with Gasteiger partial charge in [0.2, 0.25) is 0 Å². The van der Waals surface area contributed by atoms with E-state index in [1.54, 1.807) is 0 Å². The molecule has 0 aliphatic rings. The number of unbranched alkanes of at least 4 members (excludes halogenated alkanes) is 8. The van der Waals surface area contributed by atoms with Crippen LogP contribution in [0.5, 0.6) is 0 Å². The zero-order valence-electron chi connectivity index (χ0n) is 11.3. The quantitative estimate of drug-likeness (QED) is 0.279. The van der Waals surface area contributed by atoms with Gasteiger partial charge in [-0.1, -0.05) is 76.5 Å². The van der Waals surface area contributed by atoms with Gasteiger partial charge in [0.05, 0.1) is 0 Å². The van der Waals surface area contributed by atoms with Gasteiger partial charge >= 0.3 is 0 Å². The van der Waals surface area contributed by atoms with Crippen LogP contribution >= 0.6 is 0 Å². The van der Waals surface area contributed by atoms with Crippen molar-refractivity contribution in [2.24, 2.45) is 0 Å². The molecular weight excluding hydrogens is 192 g/mol. The highest BCUT2D eigenvalue weighted by molar-refractivity contribution is 4.99. The summed E-state index contributed by atoms with van der Waals surface area (Å²) < 4.78 is 0. The molecule has 0 radical (unpaired) electrons. The van der Waals surface area contributed by atoms with E-state index in [0.717, 1.165) is 6.42 Å². The molecular formula is C16H30. The number of hydrogen-bond donors (Lipinski definition) is 0. The molecule has 0 N–H and O–H groups in total. The lowest BCUT2D eigenvalue weighted by molar-refractivity contribution is 0.564. The molecule has 0 aromatic carbocycles. The van der Waals surface area contributed by atoms with Crippen molar-refractivity contribution in [3.8, 4) is 0 Å². The molecule has 0 aliphatic carbocycles. The lowest BCUT2D eigenvalue weighted by Crippen LogP contribution is -1.83. The van der Waals surface area contributed by atoms with Crippen LogP contribution in [0.2, 0.25) is 0 Å². The van der Waals surface area contributed by atoms with E-state index in [-0.39, 0.29) is 0 Å². The van der Waals surface area contributed by atoms with E-state index in [4.69, 9.17) is 0 Å². The Balaban J connectivity index is 3.03. The first-order valence-corrected chi connectivity index (χ1v) is 7.08. The van der Waals surface area contributed by atoms with Gasteiger partial charge in [-0.25, -0.2) is 0 Å². The lowest BCUT2D eigenvalue weighted by atomic mass is 10.0. The van der Waals surface area contributed by atoms with Crippen molar-refractivity contribution in [2.75, 3.05) is 0 Å². The normalized spacial score (nSPS) is 10.3. The molecule has 0 aromatic rings. The van der Waals surface area contributed by atoms with Gasteiger partial charge in [-0.05, 0) is 19.3 Å². The minimum atomic E-state index is 0.997. The first-order valence-electron chi connectivity index (χ1n) is 7.08. The maximum Gasteiger partial charge on any atom is -0.0144 e. The van der Waals surface area contributed by atoms with Crippen LogP contribution < -0.4 is 0 Å². The first-order chi connectivity index (χ1) is 7.81. The smallest absolute Gasteiger partial charge is 0.0144 e. The van der Waals surface area contributed by atoms with Gasteiger partial charge in [0, 0.05) is 0 Å². The van der Waals surface area contributed by atoms with Gasteiger partial charge < -0.3 is 0 Å². The third-order valence-corrected chi connectivity index (χ3v) is 3.07. The molecule has 0 saturated heterocycles. The molecule has 0 aliphatic heterocycles. The Kier molecular flexibility index (Phi) is 12.1. The third-order valence-electron chi connectivity index (χ3n) is 3.07. The van der Waals surface area contributed by atoms with Crippen molar-refractivity contribution in [2.45, 2.75) is 77.6 Å². The molecule has 0 rings (SSSR count). The molecule has 0 amide bonds. The predicted octanol–water partition coefficient (Wildman–Crippen LogP) is 6.04. The number of allylic oxidation sites excluding steroid dienone is 2. The Morgan fingerprint density at radius 2 is 1.38 bits per heavy atom. The lowest BCUT2D eigenvalue weighted by Gasteiger charge is -2.03. The second kappa shape index (κ2) is 12.5. The Morgan fingerprint density at radius 3 is 1.88 bits per heavy atom. The Labute approximate surface area is 103 Å². The minimum absolute atomic E-state index is 0.997. The molecule has 0 nitrogen and oxygen atoms in total. The van der Waals surface area contributed by atoms with Crippen LogP contribution in [0.3, 0.4) is 0 Å². The summed E-state index contributed by atoms with van der Waals surface area (Å²) in [6, 6.07) is 0. The van der Waals surface area contributed by atoms with Crippen molar-refractivity contribution in [3.05, 3.63) is 24.8 Å². The molecule has 0 aromatic heterocycles. The monoisotopic (exact) mass is 222 g/mol. The van der Waals surface area contributed by atoms with E-state index in [9.17, 15) is 0 Å². The SMILES string of the molecule is C=CCC(=C)CCCCCCCCCCC. The topological polar surface area (TPSA) is 0 Å². The van der Waals surface area contributed by atoms with Crippen LogP contribution in [0, 0.1) is 0 Å². The number of rotatable bonds is 12. The fourth-order valence-corrected chi connectivity index (χ4v) is 1.99. The molecule has 0 heteroatoms. The van der Waals surface area contributed by atoms with Crippen LogP contribution in [0.1, 0.15) is 77.6 Å². The first kappa shape index (κ1) is 15.5. The summed E-state index contributed by atoms with van der Waals surface area (Å²) in [4.78, 5) is 0. The highest BCUT2D eigenvalue weighted by Gasteiger charge is 1.94. The van der Waals surface area contributed by atoms with E-state index in [0.29, 0.717) is 0 Å². The fraction of sp³-hybridized carbons (Fsp3) is 0.750. The van der Waals surface area contributed by atoms with Crippen molar-refractivity contribution in [3.63, 3.8) is 0 Å². The van der Waals surface area contributed by atoms with E-state index in [1.165, 1.54) is 69.8 Å². The summed E-state index contributed by atoms with van der Waals surface area (Å²) in [6.07, 6.45) is 16.8. The molecule has 0 fully saturated rings. The van der Waals surface area contributed by atoms with E-state index in [1.807, 2.05) is 6.08 Å². The second-order valence-corrected chi connectivity index (χ2v) is 4.82. The summed E-state index contributed by atoms with van der Waals surface area (Å²) in [7, 11) is 0. The van der Waals surface area contributed by atoms with Gasteiger partial charge in [0.25, 0.3) is 0 Å². The van der Waals surface area contributed by atoms with Gasteiger partial charge in [-0.3, -0.25) is 0 Å². The fourth-order valence-electron chi connectivity index (χ4n) is 1.99. The highest BCUT2D eigenvalue weighted by atomic mass is 14.0. The Morgan fingerprint density at radius 1 is 0.875 bits per heavy atom. The van der Waals surface area contributed by atoms with Crippen molar-refractivity contribution in [1.29, 1.82) is 0 Å². The van der Waals surface area contributed by atoms with Gasteiger partial charge in [0.1, 0.15) is 0 Å². The van der Waals surface area contributed by atoms with Crippen molar-refractivity contribution < 1.29 is 0 Å². The van der Waals surface area contributed by atoms with Crippen LogP contribution in [0.4, 0.5) is 0 Å². The third kappa shape index (κ3) is 11.6. The number of hydrogen-bond acceptors (Lipinski definition) is 0. The molecule has 16 heavy (non-hydrogen) atoms. The predicted molar refractivity (Wildman–Crippen MR) is 75.8 cm³/mol. The average Bonchev–Trinajstić information content (AvgIpc) is 2.27. The molecule has 0 heterocycles. The van der Waals surface area contributed by atoms with Crippen molar-refractivity contribution in [1.82, 2.24) is 0 Å². The zero-order valence-corrected chi connectivity index (χ0v) is 11.3. The summed E-state index contributed by atoms with van der Waals surface area (Å²) in [5.74, 6) is 0. The van der Waals surface area contributed by atoms with E-state index >= 15 is 0 Å². The Hall–Kier alpha value is -0.520. The maximum absolute atomic E-state index is 4.04. The molecule has 0 spiro atoms. The molecule has 0 atom stereocenters. The maximum atomic E-state index is 4.04. The van der Waals surface area contributed by atoms with Crippen LogP contribution in [-0.2, 0) is 0 Å². The van der Waals surface area contributed by atoms with Crippen LogP contribution in [0.25, 0.3) is 0 Å². The summed E-state index contributed by atoms with van der Waals surface area (Å²) in [5.41, 5.74) is 1.35. The summed E-state index contributed by atoms with van der Waals surface area (Å²) in [6.45, 7) is 10.0. The van der Waals surface area contributed by atoms with Gasteiger partial charge in [0.15, 0.2) is 0 Å². The minimum Gasteiger partial charge on any atom is -0.103 e. The molecule has 94 valence electrons. The summed E-state index contributed by atoms with van der Waals surface area (Å²) in [5, 5.41) is 0. The second-order valence-electron chi connectivity index (χ2n) is 4.82. The van der Waals surface area contributed by atoms with Gasteiger partial charge in [-0.15, -0.1) is 6.58 Å². The molecule has 0 unspecified atom stereocenters. The molecule has 0 bridgehead atoms.